The van der Waals surface area contributed by atoms with Crippen LogP contribution in [0.1, 0.15) is 35.6 Å². The van der Waals surface area contributed by atoms with E-state index in [2.05, 4.69) is 18.8 Å². The number of carbonyl (C=O) groups is 1. The van der Waals surface area contributed by atoms with Gasteiger partial charge in [0.05, 0.1) is 0 Å². The zero-order valence-corrected chi connectivity index (χ0v) is 9.10. The highest BCUT2D eigenvalue weighted by atomic mass is 32.1. The Balaban J connectivity index is 2.79. The second-order valence-electron chi connectivity index (χ2n) is 3.56. The van der Waals surface area contributed by atoms with Crippen molar-refractivity contribution in [3.63, 3.8) is 0 Å². The smallest absolute Gasteiger partial charge is 0.355 e. The van der Waals surface area contributed by atoms with Crippen LogP contribution in [0.15, 0.2) is 0 Å². The van der Waals surface area contributed by atoms with E-state index in [1.807, 2.05) is 0 Å². The van der Waals surface area contributed by atoms with Crippen LogP contribution in [0.5, 0.6) is 0 Å². The zero-order chi connectivity index (χ0) is 10.7. The Bertz CT molecular complexity index is 334. The summed E-state index contributed by atoms with van der Waals surface area (Å²) in [6.07, 6.45) is 1.70. The van der Waals surface area contributed by atoms with E-state index >= 15 is 0 Å². The Morgan fingerprint density at radius 1 is 1.64 bits per heavy atom. The molecule has 0 aliphatic carbocycles. The average Bonchev–Trinajstić information content (AvgIpc) is 2.43. The molecule has 5 heteroatoms. The number of aromatic carboxylic acids is 1. The standard InChI is InChI=1S/C9H14N2O2S/c1-5(2)3-4-6-7(8(12)13)11-9(10)14-6/h5H,3-4H2,1-2H3,(H2,10,11)(H,12,13). The number of carboxylic acid groups (broad SMARTS) is 1. The van der Waals surface area contributed by atoms with Crippen LogP contribution in [-0.2, 0) is 6.42 Å². The number of nitrogens with zero attached hydrogens (tertiary/aromatic N) is 1. The predicted molar refractivity (Wildman–Crippen MR) is 56.6 cm³/mol. The number of nitrogen functional groups attached to an aromatic ring is 1. The SMILES string of the molecule is CC(C)CCc1sc(N)nc1C(=O)O. The van der Waals surface area contributed by atoms with Gasteiger partial charge in [-0.3, -0.25) is 0 Å². The van der Waals surface area contributed by atoms with Crippen LogP contribution in [0, 0.1) is 5.92 Å². The molecule has 0 spiro atoms. The van der Waals surface area contributed by atoms with E-state index in [0.717, 1.165) is 17.7 Å². The second kappa shape index (κ2) is 4.41. The molecular weight excluding hydrogens is 200 g/mol. The molecule has 1 aromatic heterocycles. The summed E-state index contributed by atoms with van der Waals surface area (Å²) in [5, 5.41) is 9.17. The van der Waals surface area contributed by atoms with Gasteiger partial charge in [-0.15, -0.1) is 11.3 Å². The van der Waals surface area contributed by atoms with Crippen molar-refractivity contribution in [2.75, 3.05) is 5.73 Å². The maximum atomic E-state index is 10.8. The van der Waals surface area contributed by atoms with Crippen molar-refractivity contribution in [2.24, 2.45) is 5.92 Å². The first kappa shape index (κ1) is 11.0. The molecule has 4 nitrogen and oxygen atoms in total. The largest absolute Gasteiger partial charge is 0.476 e. The van der Waals surface area contributed by atoms with Crippen LogP contribution in [-0.4, -0.2) is 16.1 Å². The zero-order valence-electron chi connectivity index (χ0n) is 8.28. The lowest BCUT2D eigenvalue weighted by molar-refractivity contribution is 0.0690. The average molecular weight is 214 g/mol. The van der Waals surface area contributed by atoms with Gasteiger partial charge >= 0.3 is 5.97 Å². The Labute approximate surface area is 86.8 Å². The first-order valence-corrected chi connectivity index (χ1v) is 5.30. The third-order valence-electron chi connectivity index (χ3n) is 1.87. The molecule has 1 aromatic rings. The molecule has 0 saturated heterocycles. The maximum absolute atomic E-state index is 10.8. The summed E-state index contributed by atoms with van der Waals surface area (Å²) in [4.78, 5) is 15.3. The molecule has 0 aromatic carbocycles. The second-order valence-corrected chi connectivity index (χ2v) is 4.68. The van der Waals surface area contributed by atoms with Crippen molar-refractivity contribution >= 4 is 22.4 Å². The first-order chi connectivity index (χ1) is 6.50. The normalized spacial score (nSPS) is 10.8. The Kier molecular flexibility index (Phi) is 3.46. The summed E-state index contributed by atoms with van der Waals surface area (Å²) < 4.78 is 0. The number of nitrogens with two attached hydrogens (primary N) is 1. The van der Waals surface area contributed by atoms with E-state index in [4.69, 9.17) is 10.8 Å². The Hall–Kier alpha value is -1.10. The lowest BCUT2D eigenvalue weighted by atomic mass is 10.1. The van der Waals surface area contributed by atoms with Crippen molar-refractivity contribution in [2.45, 2.75) is 26.7 Å². The summed E-state index contributed by atoms with van der Waals surface area (Å²) in [6.45, 7) is 4.20. The van der Waals surface area contributed by atoms with Crippen molar-refractivity contribution in [1.82, 2.24) is 4.98 Å². The summed E-state index contributed by atoms with van der Waals surface area (Å²) in [6, 6.07) is 0. The number of carboxylic acids is 1. The molecule has 0 aliphatic heterocycles. The number of rotatable bonds is 4. The highest BCUT2D eigenvalue weighted by molar-refractivity contribution is 7.15. The van der Waals surface area contributed by atoms with Crippen molar-refractivity contribution in [3.8, 4) is 0 Å². The van der Waals surface area contributed by atoms with Gasteiger partial charge in [0, 0.05) is 4.88 Å². The van der Waals surface area contributed by atoms with Crippen LogP contribution >= 0.6 is 11.3 Å². The monoisotopic (exact) mass is 214 g/mol. The topological polar surface area (TPSA) is 76.2 Å². The molecule has 14 heavy (non-hydrogen) atoms. The molecule has 0 unspecified atom stereocenters. The van der Waals surface area contributed by atoms with Gasteiger partial charge in [-0.2, -0.15) is 0 Å². The lowest BCUT2D eigenvalue weighted by Crippen LogP contribution is -2.02. The third kappa shape index (κ3) is 2.70. The van der Waals surface area contributed by atoms with Gasteiger partial charge in [0.1, 0.15) is 0 Å². The number of aryl methyl sites for hydroxylation is 1. The molecule has 0 aliphatic rings. The molecule has 0 bridgehead atoms. The molecule has 1 rings (SSSR count). The molecule has 0 atom stereocenters. The molecule has 0 saturated carbocycles. The van der Waals surface area contributed by atoms with Gasteiger partial charge in [0.25, 0.3) is 0 Å². The Morgan fingerprint density at radius 2 is 2.29 bits per heavy atom. The van der Waals surface area contributed by atoms with E-state index in [9.17, 15) is 4.79 Å². The first-order valence-electron chi connectivity index (χ1n) is 4.49. The highest BCUT2D eigenvalue weighted by Crippen LogP contribution is 2.23. The van der Waals surface area contributed by atoms with Crippen molar-refractivity contribution in [1.29, 1.82) is 0 Å². The van der Waals surface area contributed by atoms with Gasteiger partial charge in [-0.25, -0.2) is 9.78 Å². The Morgan fingerprint density at radius 3 is 2.79 bits per heavy atom. The summed E-state index contributed by atoms with van der Waals surface area (Å²) in [7, 11) is 0. The van der Waals surface area contributed by atoms with Crippen molar-refractivity contribution in [3.05, 3.63) is 10.6 Å². The van der Waals surface area contributed by atoms with Crippen LogP contribution < -0.4 is 5.73 Å². The highest BCUT2D eigenvalue weighted by Gasteiger charge is 2.15. The fourth-order valence-electron chi connectivity index (χ4n) is 1.13. The van der Waals surface area contributed by atoms with Crippen LogP contribution in [0.3, 0.4) is 0 Å². The molecular formula is C9H14N2O2S. The van der Waals surface area contributed by atoms with Gasteiger partial charge in [-0.05, 0) is 18.8 Å². The van der Waals surface area contributed by atoms with Crippen LogP contribution in [0.4, 0.5) is 5.13 Å². The fourth-order valence-corrected chi connectivity index (χ4v) is 1.97. The number of hydrogen-bond donors (Lipinski definition) is 2. The molecule has 1 heterocycles. The maximum Gasteiger partial charge on any atom is 0.355 e. The molecule has 0 radical (unpaired) electrons. The van der Waals surface area contributed by atoms with Gasteiger partial charge in [0.2, 0.25) is 0 Å². The summed E-state index contributed by atoms with van der Waals surface area (Å²) in [5.74, 6) is -0.434. The minimum atomic E-state index is -0.989. The minimum absolute atomic E-state index is 0.119. The number of anilines is 1. The summed E-state index contributed by atoms with van der Waals surface area (Å²) >= 11 is 1.27. The molecule has 0 fully saturated rings. The molecule has 78 valence electrons. The van der Waals surface area contributed by atoms with Gasteiger partial charge < -0.3 is 10.8 Å². The quantitative estimate of drug-likeness (QED) is 0.803. The van der Waals surface area contributed by atoms with Crippen molar-refractivity contribution < 1.29 is 9.90 Å². The van der Waals surface area contributed by atoms with Crippen LogP contribution in [0.2, 0.25) is 0 Å². The number of hydrogen-bond acceptors (Lipinski definition) is 4. The van der Waals surface area contributed by atoms with E-state index in [-0.39, 0.29) is 5.69 Å². The lowest BCUT2D eigenvalue weighted by Gasteiger charge is -2.02. The number of aromatic nitrogens is 1. The predicted octanol–water partition coefficient (Wildman–Crippen LogP) is 2.01. The van der Waals surface area contributed by atoms with E-state index in [0.29, 0.717) is 11.0 Å². The van der Waals surface area contributed by atoms with Gasteiger partial charge in [-0.1, -0.05) is 13.8 Å². The third-order valence-corrected chi connectivity index (χ3v) is 2.81. The van der Waals surface area contributed by atoms with E-state index in [1.54, 1.807) is 0 Å². The van der Waals surface area contributed by atoms with E-state index in [1.165, 1.54) is 11.3 Å². The fraction of sp³-hybridized carbons (Fsp3) is 0.556. The van der Waals surface area contributed by atoms with E-state index < -0.39 is 5.97 Å². The molecule has 3 N–H and O–H groups in total. The summed E-state index contributed by atoms with van der Waals surface area (Å²) in [5.41, 5.74) is 5.59. The van der Waals surface area contributed by atoms with Crippen LogP contribution in [0.25, 0.3) is 0 Å². The molecule has 0 amide bonds. The number of thiazole rings is 1. The minimum Gasteiger partial charge on any atom is -0.476 e. The van der Waals surface area contributed by atoms with Gasteiger partial charge in [0.15, 0.2) is 10.8 Å².